The molecule has 0 saturated carbocycles. The first kappa shape index (κ1) is 17.0. The molecule has 0 spiro atoms. The standard InChI is InChI=1S/C10H17N4O7P/c1-19-7-6(15)5(3-20-22(2,17)18)21-10(7)14-4-12-9(13-14)8(11)16/h4-7,10,15H,3H2,1-2H3,(H2,11,16)(H,17,18)/t5-,6-,7-,10-/m1/s1. The van der Waals surface area contributed by atoms with E-state index in [-0.39, 0.29) is 12.4 Å². The van der Waals surface area contributed by atoms with Crippen LogP contribution >= 0.6 is 7.60 Å². The first-order valence-electron chi connectivity index (χ1n) is 6.25. The van der Waals surface area contributed by atoms with Gasteiger partial charge in [-0.05, 0) is 0 Å². The SMILES string of the molecule is CO[C@@H]1[C@H](O)[C@@H](COP(C)(=O)O)O[C@H]1n1cnc(C(N)=O)n1. The third-order valence-electron chi connectivity index (χ3n) is 3.05. The minimum atomic E-state index is -3.70. The Morgan fingerprint density at radius 3 is 2.82 bits per heavy atom. The lowest BCUT2D eigenvalue weighted by Crippen LogP contribution is -2.35. The molecule has 0 radical (unpaired) electrons. The van der Waals surface area contributed by atoms with Gasteiger partial charge in [-0.15, -0.1) is 5.10 Å². The highest BCUT2D eigenvalue weighted by molar-refractivity contribution is 7.51. The summed E-state index contributed by atoms with van der Waals surface area (Å²) in [6, 6.07) is 0. The number of carbonyl (C=O) groups excluding carboxylic acids is 1. The van der Waals surface area contributed by atoms with Gasteiger partial charge in [0.05, 0.1) is 6.61 Å². The topological polar surface area (TPSA) is 159 Å². The third kappa shape index (κ3) is 3.69. The molecule has 1 amide bonds. The van der Waals surface area contributed by atoms with Crippen LogP contribution in [0.4, 0.5) is 0 Å². The van der Waals surface area contributed by atoms with Crippen molar-refractivity contribution in [2.45, 2.75) is 24.5 Å². The lowest BCUT2D eigenvalue weighted by Gasteiger charge is -2.18. The van der Waals surface area contributed by atoms with Gasteiger partial charge in [-0.3, -0.25) is 9.36 Å². The summed E-state index contributed by atoms with van der Waals surface area (Å²) in [4.78, 5) is 23.8. The van der Waals surface area contributed by atoms with Crippen molar-refractivity contribution in [3.05, 3.63) is 12.2 Å². The maximum atomic E-state index is 11.1. The number of hydrogen-bond donors (Lipinski definition) is 3. The van der Waals surface area contributed by atoms with Gasteiger partial charge in [-0.25, -0.2) is 9.67 Å². The van der Waals surface area contributed by atoms with Crippen molar-refractivity contribution >= 4 is 13.5 Å². The molecule has 0 aromatic carbocycles. The lowest BCUT2D eigenvalue weighted by molar-refractivity contribution is -0.0649. The van der Waals surface area contributed by atoms with E-state index >= 15 is 0 Å². The number of aromatic nitrogens is 3. The van der Waals surface area contributed by atoms with Crippen LogP contribution in [-0.4, -0.2) is 69.4 Å². The van der Waals surface area contributed by atoms with Gasteiger partial charge in [-0.1, -0.05) is 0 Å². The van der Waals surface area contributed by atoms with Crippen LogP contribution in [0.5, 0.6) is 0 Å². The molecule has 1 aromatic heterocycles. The van der Waals surface area contributed by atoms with Gasteiger partial charge in [0, 0.05) is 13.8 Å². The summed E-state index contributed by atoms with van der Waals surface area (Å²) in [6.07, 6.45) is -2.53. The fourth-order valence-electron chi connectivity index (χ4n) is 2.05. The van der Waals surface area contributed by atoms with E-state index in [0.29, 0.717) is 0 Å². The molecule has 5 atom stereocenters. The predicted octanol–water partition coefficient (Wildman–Crippen LogP) is -1.52. The summed E-state index contributed by atoms with van der Waals surface area (Å²) >= 11 is 0. The smallest absolute Gasteiger partial charge is 0.325 e. The summed E-state index contributed by atoms with van der Waals surface area (Å²) in [6.45, 7) is 0.718. The molecule has 0 aliphatic carbocycles. The highest BCUT2D eigenvalue weighted by Gasteiger charge is 2.46. The summed E-state index contributed by atoms with van der Waals surface area (Å²) in [7, 11) is -2.34. The highest BCUT2D eigenvalue weighted by atomic mass is 31.2. The maximum Gasteiger partial charge on any atom is 0.325 e. The molecule has 4 N–H and O–H groups in total. The van der Waals surface area contributed by atoms with Crippen molar-refractivity contribution in [1.82, 2.24) is 14.8 Å². The van der Waals surface area contributed by atoms with Crippen LogP contribution in [0.2, 0.25) is 0 Å². The predicted molar refractivity (Wildman–Crippen MR) is 71.0 cm³/mol. The number of primary amides is 1. The number of ether oxygens (including phenoxy) is 2. The first-order chi connectivity index (χ1) is 10.2. The van der Waals surface area contributed by atoms with Crippen molar-refractivity contribution in [3.63, 3.8) is 0 Å². The Hall–Kier alpha value is -1.36. The third-order valence-corrected chi connectivity index (χ3v) is 3.68. The van der Waals surface area contributed by atoms with Crippen LogP contribution in [0.15, 0.2) is 6.33 Å². The minimum Gasteiger partial charge on any atom is -0.387 e. The zero-order valence-electron chi connectivity index (χ0n) is 11.9. The molecule has 0 bridgehead atoms. The van der Waals surface area contributed by atoms with Gasteiger partial charge >= 0.3 is 7.60 Å². The van der Waals surface area contributed by atoms with Crippen LogP contribution in [0.25, 0.3) is 0 Å². The van der Waals surface area contributed by atoms with Crippen molar-refractivity contribution in [2.24, 2.45) is 5.73 Å². The average molecular weight is 336 g/mol. The van der Waals surface area contributed by atoms with Crippen LogP contribution < -0.4 is 5.73 Å². The molecule has 1 aliphatic heterocycles. The average Bonchev–Trinajstić information content (AvgIpc) is 3.00. The fourth-order valence-corrected chi connectivity index (χ4v) is 2.47. The Bertz CT molecular complexity index is 588. The molecular formula is C10H17N4O7P. The Labute approximate surface area is 125 Å². The molecule has 124 valence electrons. The molecule has 1 unspecified atom stereocenters. The molecular weight excluding hydrogens is 319 g/mol. The van der Waals surface area contributed by atoms with Gasteiger partial charge in [0.1, 0.15) is 24.6 Å². The zero-order chi connectivity index (χ0) is 16.5. The second-order valence-corrected chi connectivity index (χ2v) is 6.63. The number of amides is 1. The molecule has 1 aliphatic rings. The molecule has 11 nitrogen and oxygen atoms in total. The monoisotopic (exact) mass is 336 g/mol. The molecule has 1 aromatic rings. The van der Waals surface area contributed by atoms with Crippen molar-refractivity contribution in [2.75, 3.05) is 20.4 Å². The summed E-state index contributed by atoms with van der Waals surface area (Å²) in [5.74, 6) is -1.01. The van der Waals surface area contributed by atoms with Gasteiger partial charge in [0.25, 0.3) is 5.91 Å². The number of methoxy groups -OCH3 is 1. The minimum absolute atomic E-state index is 0.207. The van der Waals surface area contributed by atoms with Crippen LogP contribution in [0, 0.1) is 0 Å². The van der Waals surface area contributed by atoms with Gasteiger partial charge < -0.3 is 29.7 Å². The van der Waals surface area contributed by atoms with E-state index in [2.05, 4.69) is 10.1 Å². The van der Waals surface area contributed by atoms with Crippen molar-refractivity contribution < 1.29 is 33.4 Å². The van der Waals surface area contributed by atoms with E-state index in [1.54, 1.807) is 0 Å². The normalized spacial score (nSPS) is 31.1. The van der Waals surface area contributed by atoms with E-state index in [9.17, 15) is 14.5 Å². The second kappa shape index (κ2) is 6.41. The van der Waals surface area contributed by atoms with E-state index in [0.717, 1.165) is 6.66 Å². The molecule has 2 rings (SSSR count). The Morgan fingerprint density at radius 2 is 2.32 bits per heavy atom. The largest absolute Gasteiger partial charge is 0.387 e. The summed E-state index contributed by atoms with van der Waals surface area (Å²) < 4.78 is 27.8. The van der Waals surface area contributed by atoms with Crippen LogP contribution in [-0.2, 0) is 18.6 Å². The second-order valence-electron chi connectivity index (χ2n) is 4.77. The molecule has 1 saturated heterocycles. The van der Waals surface area contributed by atoms with E-state index < -0.39 is 38.0 Å². The van der Waals surface area contributed by atoms with Crippen LogP contribution in [0.1, 0.15) is 16.8 Å². The number of rotatable bonds is 6. The molecule has 1 fully saturated rings. The van der Waals surface area contributed by atoms with Crippen molar-refractivity contribution in [3.8, 4) is 0 Å². The van der Waals surface area contributed by atoms with Gasteiger partial charge in [-0.2, -0.15) is 0 Å². The van der Waals surface area contributed by atoms with E-state index in [1.807, 2.05) is 0 Å². The molecule has 22 heavy (non-hydrogen) atoms. The lowest BCUT2D eigenvalue weighted by atomic mass is 10.1. The van der Waals surface area contributed by atoms with E-state index in [4.69, 9.17) is 24.6 Å². The van der Waals surface area contributed by atoms with Gasteiger partial charge in [0.15, 0.2) is 6.23 Å². The van der Waals surface area contributed by atoms with Gasteiger partial charge in [0.2, 0.25) is 5.82 Å². The number of aliphatic hydroxyl groups excluding tert-OH is 1. The fraction of sp³-hybridized carbons (Fsp3) is 0.700. The molecule has 2 heterocycles. The Balaban J connectivity index is 2.13. The Kier molecular flexibility index (Phi) is 4.95. The number of hydrogen-bond acceptors (Lipinski definition) is 8. The first-order valence-corrected chi connectivity index (χ1v) is 8.27. The van der Waals surface area contributed by atoms with Crippen molar-refractivity contribution in [1.29, 1.82) is 0 Å². The summed E-state index contributed by atoms with van der Waals surface area (Å²) in [5, 5.41) is 14.0. The number of carbonyl (C=O) groups is 1. The number of aliphatic hydroxyl groups is 1. The number of nitrogens with two attached hydrogens (primary N) is 1. The maximum absolute atomic E-state index is 11.1. The number of nitrogens with zero attached hydrogens (tertiary/aromatic N) is 3. The Morgan fingerprint density at radius 1 is 1.64 bits per heavy atom. The highest BCUT2D eigenvalue weighted by Crippen LogP contribution is 2.39. The quantitative estimate of drug-likeness (QED) is 0.524. The molecule has 12 heteroatoms. The van der Waals surface area contributed by atoms with Crippen LogP contribution in [0.3, 0.4) is 0 Å². The zero-order valence-corrected chi connectivity index (χ0v) is 12.8. The summed E-state index contributed by atoms with van der Waals surface area (Å²) in [5.41, 5.74) is 5.07. The van der Waals surface area contributed by atoms with E-state index in [1.165, 1.54) is 18.1 Å².